The van der Waals surface area contributed by atoms with Gasteiger partial charge in [-0.05, 0) is 6.07 Å². The Morgan fingerprint density at radius 1 is 1.05 bits per heavy atom. The fraction of sp³-hybridized carbons (Fsp3) is 0.444. The van der Waals surface area contributed by atoms with Crippen molar-refractivity contribution in [2.75, 3.05) is 0 Å². The molecule has 1 aromatic rings. The Balaban J connectivity index is 2.91. The van der Waals surface area contributed by atoms with E-state index in [2.05, 4.69) is 4.74 Å². The fourth-order valence-electron chi connectivity index (χ4n) is 0.974. The Morgan fingerprint density at radius 2 is 1.62 bits per heavy atom. The first kappa shape index (κ1) is 17.6. The third-order valence-electron chi connectivity index (χ3n) is 1.85. The summed E-state index contributed by atoms with van der Waals surface area (Å²) in [6, 6.07) is 0.958. The molecule has 0 atom stereocenters. The Kier molecular flexibility index (Phi) is 5.12. The molecule has 0 fully saturated rings. The second-order valence-electron chi connectivity index (χ2n) is 3.46. The lowest BCUT2D eigenvalue weighted by Crippen LogP contribution is -2.36. The van der Waals surface area contributed by atoms with Crippen LogP contribution in [0.1, 0.15) is 0 Å². The highest BCUT2D eigenvalue weighted by Gasteiger charge is 2.46. The summed E-state index contributed by atoms with van der Waals surface area (Å²) >= 11 is -0.810. The summed E-state index contributed by atoms with van der Waals surface area (Å²) in [7, 11) is 0. The number of thioether (sulfide) groups is 1. The Hall–Kier alpha value is -1.46. The molecule has 0 aliphatic heterocycles. The normalized spacial score (nSPS) is 13.0. The first-order valence-electron chi connectivity index (χ1n) is 4.89. The van der Waals surface area contributed by atoms with Crippen molar-refractivity contribution in [2.24, 2.45) is 0 Å². The van der Waals surface area contributed by atoms with E-state index in [4.69, 9.17) is 0 Å². The number of ether oxygens (including phenoxy) is 1. The molecule has 1 rings (SSSR count). The van der Waals surface area contributed by atoms with Crippen molar-refractivity contribution in [3.8, 4) is 5.75 Å². The number of aromatic nitrogens is 1. The maximum Gasteiger partial charge on any atom is 0.461 e. The fourth-order valence-corrected chi connectivity index (χ4v) is 1.62. The van der Waals surface area contributed by atoms with Crippen LogP contribution in [-0.4, -0.2) is 24.2 Å². The molecule has 12 heteroatoms. The van der Waals surface area contributed by atoms with E-state index in [-0.39, 0.29) is 6.20 Å². The molecule has 21 heavy (non-hydrogen) atoms. The van der Waals surface area contributed by atoms with E-state index in [1.165, 1.54) is 0 Å². The molecule has 0 saturated carbocycles. The molecular weight excluding hydrogens is 338 g/mol. The number of halogens is 8. The van der Waals surface area contributed by atoms with Gasteiger partial charge in [-0.2, -0.15) is 31.1 Å². The molecular formula is C9H5F8NO2S. The molecule has 0 aliphatic carbocycles. The van der Waals surface area contributed by atoms with E-state index in [1.807, 2.05) is 0 Å². The number of rotatable bonds is 6. The van der Waals surface area contributed by atoms with Gasteiger partial charge in [-0.1, -0.05) is 0 Å². The molecule has 0 spiro atoms. The number of pyridine rings is 1. The van der Waals surface area contributed by atoms with Gasteiger partial charge in [0, 0.05) is 17.8 Å². The van der Waals surface area contributed by atoms with Crippen LogP contribution in [0.25, 0.3) is 0 Å². The second kappa shape index (κ2) is 6.12. The van der Waals surface area contributed by atoms with Crippen molar-refractivity contribution in [1.29, 1.82) is 0 Å². The molecule has 0 aliphatic rings. The number of nitrogens with zero attached hydrogens (tertiary/aromatic N) is 1. The molecule has 0 aromatic carbocycles. The zero-order valence-electron chi connectivity index (χ0n) is 9.58. The van der Waals surface area contributed by atoms with E-state index in [0.29, 0.717) is 12.1 Å². The largest absolute Gasteiger partial charge is 0.618 e. The second-order valence-corrected chi connectivity index (χ2v) is 4.62. The molecule has 1 aromatic heterocycles. The van der Waals surface area contributed by atoms with Crippen LogP contribution in [-0.2, 0) is 0 Å². The van der Waals surface area contributed by atoms with Crippen LogP contribution in [0.4, 0.5) is 35.1 Å². The topological polar surface area (TPSA) is 36.2 Å². The highest BCUT2D eigenvalue weighted by molar-refractivity contribution is 8.00. The zero-order chi connectivity index (χ0) is 16.4. The first-order chi connectivity index (χ1) is 9.45. The minimum Gasteiger partial charge on any atom is -0.618 e. The molecule has 3 nitrogen and oxygen atoms in total. The molecule has 0 unspecified atom stereocenters. The molecule has 0 amide bonds. The van der Waals surface area contributed by atoms with Gasteiger partial charge in [-0.25, -0.2) is 8.78 Å². The van der Waals surface area contributed by atoms with Gasteiger partial charge in [0.25, 0.3) is 5.03 Å². The lowest BCUT2D eigenvalue weighted by Gasteiger charge is -2.17. The minimum absolute atomic E-state index is 0.139. The van der Waals surface area contributed by atoms with Crippen LogP contribution in [0, 0.1) is 5.21 Å². The number of hydrogen-bond donors (Lipinski definition) is 0. The van der Waals surface area contributed by atoms with Gasteiger partial charge in [-0.15, -0.1) is 0 Å². The summed E-state index contributed by atoms with van der Waals surface area (Å²) in [5.74, 6) is -1.04. The van der Waals surface area contributed by atoms with Gasteiger partial charge in [0.15, 0.2) is 5.75 Å². The smallest absolute Gasteiger partial charge is 0.461 e. The van der Waals surface area contributed by atoms with Crippen molar-refractivity contribution in [3.05, 3.63) is 23.5 Å². The third kappa shape index (κ3) is 4.51. The molecule has 0 radical (unpaired) electrons. The predicted molar refractivity (Wildman–Crippen MR) is 53.8 cm³/mol. The SMILES string of the molecule is [O-][n+]1cc(OC(F)(F)C(F)F)ccc1SC(F)(F)C(F)F. The summed E-state index contributed by atoms with van der Waals surface area (Å²) in [4.78, 5) is 0. The van der Waals surface area contributed by atoms with Crippen LogP contribution in [0.2, 0.25) is 0 Å². The van der Waals surface area contributed by atoms with E-state index in [1.54, 1.807) is 0 Å². The van der Waals surface area contributed by atoms with Gasteiger partial charge in [0.05, 0.1) is 0 Å². The van der Waals surface area contributed by atoms with E-state index in [9.17, 15) is 40.3 Å². The van der Waals surface area contributed by atoms with Crippen LogP contribution < -0.4 is 9.47 Å². The highest BCUT2D eigenvalue weighted by atomic mass is 32.2. The van der Waals surface area contributed by atoms with Gasteiger partial charge >= 0.3 is 24.2 Å². The highest BCUT2D eigenvalue weighted by Crippen LogP contribution is 2.39. The predicted octanol–water partition coefficient (Wildman–Crippen LogP) is 3.51. The summed E-state index contributed by atoms with van der Waals surface area (Å²) in [6.45, 7) is 0. The van der Waals surface area contributed by atoms with Crippen molar-refractivity contribution in [1.82, 2.24) is 0 Å². The third-order valence-corrected chi connectivity index (χ3v) is 2.83. The van der Waals surface area contributed by atoms with Crippen molar-refractivity contribution in [3.63, 3.8) is 0 Å². The molecule has 0 bridgehead atoms. The van der Waals surface area contributed by atoms with Crippen molar-refractivity contribution < 1.29 is 44.6 Å². The van der Waals surface area contributed by atoms with Gasteiger partial charge < -0.3 is 9.94 Å². The van der Waals surface area contributed by atoms with Crippen molar-refractivity contribution in [2.45, 2.75) is 29.2 Å². The van der Waals surface area contributed by atoms with E-state index in [0.717, 1.165) is 0 Å². The van der Waals surface area contributed by atoms with E-state index >= 15 is 0 Å². The molecule has 0 saturated heterocycles. The summed E-state index contributed by atoms with van der Waals surface area (Å²) in [5, 5.41) is 5.67. The van der Waals surface area contributed by atoms with E-state index < -0.39 is 51.5 Å². The Morgan fingerprint density at radius 3 is 2.05 bits per heavy atom. The number of hydrogen-bond acceptors (Lipinski definition) is 3. The standard InChI is InChI=1S/C9H5F8NO2S/c10-6(11)8(14,15)20-4-1-2-5(18(19)3-4)21-9(16,17)7(12)13/h1-3,6-7H. The average Bonchev–Trinajstić information content (AvgIpc) is 2.31. The summed E-state index contributed by atoms with van der Waals surface area (Å²) in [6.07, 6.45) is -13.0. The quantitative estimate of drug-likeness (QED) is 0.343. The maximum atomic E-state index is 12.7. The van der Waals surface area contributed by atoms with Crippen LogP contribution in [0.3, 0.4) is 0 Å². The molecule has 1 heterocycles. The first-order valence-corrected chi connectivity index (χ1v) is 5.70. The Bertz CT molecular complexity index is 499. The maximum absolute atomic E-state index is 12.7. The Labute approximate surface area is 116 Å². The average molecular weight is 343 g/mol. The monoisotopic (exact) mass is 343 g/mol. The van der Waals surface area contributed by atoms with Crippen LogP contribution in [0.15, 0.2) is 23.4 Å². The van der Waals surface area contributed by atoms with Crippen LogP contribution >= 0.6 is 11.8 Å². The molecule has 0 N–H and O–H groups in total. The summed E-state index contributed by atoms with van der Waals surface area (Å²) in [5.41, 5.74) is 0. The molecule has 120 valence electrons. The van der Waals surface area contributed by atoms with Gasteiger partial charge in [0.1, 0.15) is 0 Å². The summed E-state index contributed by atoms with van der Waals surface area (Å²) < 4.78 is 101. The lowest BCUT2D eigenvalue weighted by atomic mass is 10.4. The minimum atomic E-state index is -4.89. The van der Waals surface area contributed by atoms with Gasteiger partial charge in [0.2, 0.25) is 6.20 Å². The van der Waals surface area contributed by atoms with Crippen LogP contribution in [0.5, 0.6) is 5.75 Å². The number of alkyl halides is 8. The lowest BCUT2D eigenvalue weighted by molar-refractivity contribution is -0.646. The van der Waals surface area contributed by atoms with Gasteiger partial charge in [-0.3, -0.25) is 0 Å². The van der Waals surface area contributed by atoms with Crippen molar-refractivity contribution >= 4 is 11.8 Å². The zero-order valence-corrected chi connectivity index (χ0v) is 10.4.